The van der Waals surface area contributed by atoms with Gasteiger partial charge >= 0.3 is 0 Å². The third-order valence-electron chi connectivity index (χ3n) is 2.81. The van der Waals surface area contributed by atoms with Crippen LogP contribution in [0.2, 0.25) is 5.15 Å². The van der Waals surface area contributed by atoms with Gasteiger partial charge in [-0.15, -0.1) is 0 Å². The van der Waals surface area contributed by atoms with Crippen molar-refractivity contribution >= 4 is 23.2 Å². The summed E-state index contributed by atoms with van der Waals surface area (Å²) in [6.07, 6.45) is 0.955. The van der Waals surface area contributed by atoms with E-state index in [0.717, 1.165) is 11.1 Å². The summed E-state index contributed by atoms with van der Waals surface area (Å²) in [6, 6.07) is 11.0. The number of aromatic nitrogens is 1. The third kappa shape index (κ3) is 3.35. The molecule has 0 saturated carbocycles. The molecule has 1 heterocycles. The molecule has 4 nitrogen and oxygen atoms in total. The van der Waals surface area contributed by atoms with Gasteiger partial charge < -0.3 is 10.1 Å². The number of rotatable bonds is 4. The van der Waals surface area contributed by atoms with E-state index in [2.05, 4.69) is 10.3 Å². The lowest BCUT2D eigenvalue weighted by Crippen LogP contribution is -2.22. The molecule has 20 heavy (non-hydrogen) atoms. The zero-order valence-corrected chi connectivity index (χ0v) is 12.0. The zero-order chi connectivity index (χ0) is 14.5. The number of aryl methyl sites for hydroxylation is 1. The largest absolute Gasteiger partial charge is 0.367 e. The van der Waals surface area contributed by atoms with Crippen LogP contribution in [0.3, 0.4) is 0 Å². The molecule has 104 valence electrons. The summed E-state index contributed by atoms with van der Waals surface area (Å²) in [4.78, 5) is 16.3. The topological polar surface area (TPSA) is 51.2 Å². The second kappa shape index (κ2) is 6.50. The average molecular weight is 291 g/mol. The molecule has 2 rings (SSSR count). The van der Waals surface area contributed by atoms with Gasteiger partial charge in [0.15, 0.2) is 11.3 Å². The first-order chi connectivity index (χ1) is 9.61. The maximum absolute atomic E-state index is 12.3. The van der Waals surface area contributed by atoms with Crippen LogP contribution in [0.25, 0.3) is 0 Å². The molecule has 2 aromatic rings. The van der Waals surface area contributed by atoms with Gasteiger partial charge in [0, 0.05) is 13.3 Å². The smallest absolute Gasteiger partial charge is 0.258 e. The number of amides is 1. The molecule has 0 aliphatic heterocycles. The highest BCUT2D eigenvalue weighted by Crippen LogP contribution is 2.23. The van der Waals surface area contributed by atoms with Crippen LogP contribution in [0.4, 0.5) is 5.69 Å². The van der Waals surface area contributed by atoms with E-state index in [0.29, 0.717) is 5.69 Å². The highest BCUT2D eigenvalue weighted by molar-refractivity contribution is 6.32. The first-order valence-corrected chi connectivity index (χ1v) is 6.50. The minimum Gasteiger partial charge on any atom is -0.367 e. The van der Waals surface area contributed by atoms with Crippen LogP contribution >= 0.6 is 11.6 Å². The van der Waals surface area contributed by atoms with Crippen LogP contribution in [0, 0.1) is 6.92 Å². The van der Waals surface area contributed by atoms with Crippen LogP contribution in [0.1, 0.15) is 17.2 Å². The molecule has 0 bridgehead atoms. The number of ether oxygens (including phenoxy) is 1. The molecule has 0 spiro atoms. The molecular formula is C15H15ClN2O2. The number of anilines is 1. The number of nitrogens with one attached hydrogen (secondary N) is 1. The van der Waals surface area contributed by atoms with Gasteiger partial charge in [-0.1, -0.05) is 41.9 Å². The van der Waals surface area contributed by atoms with Crippen molar-refractivity contribution in [3.05, 3.63) is 58.9 Å². The van der Waals surface area contributed by atoms with Gasteiger partial charge in [0.05, 0.1) is 5.69 Å². The van der Waals surface area contributed by atoms with Crippen LogP contribution in [-0.2, 0) is 9.53 Å². The number of hydrogen-bond donors (Lipinski definition) is 1. The number of nitrogens with zero attached hydrogens (tertiary/aromatic N) is 1. The lowest BCUT2D eigenvalue weighted by atomic mass is 10.1. The lowest BCUT2D eigenvalue weighted by Gasteiger charge is -2.16. The minimum atomic E-state index is -0.687. The Labute approximate surface area is 122 Å². The number of carbonyl (C=O) groups excluding carboxylic acids is 1. The summed E-state index contributed by atoms with van der Waals surface area (Å²) in [5, 5.41) is 3.00. The third-order valence-corrected chi connectivity index (χ3v) is 3.11. The highest BCUT2D eigenvalue weighted by Gasteiger charge is 2.20. The predicted octanol–water partition coefficient (Wildman–Crippen LogP) is 3.37. The summed E-state index contributed by atoms with van der Waals surface area (Å²) < 4.78 is 5.26. The van der Waals surface area contributed by atoms with Crippen LogP contribution in [0.15, 0.2) is 42.6 Å². The van der Waals surface area contributed by atoms with Gasteiger partial charge in [-0.2, -0.15) is 0 Å². The molecule has 1 amide bonds. The molecule has 5 heteroatoms. The Bertz CT molecular complexity index is 602. The molecule has 1 unspecified atom stereocenters. The van der Waals surface area contributed by atoms with Gasteiger partial charge in [0.1, 0.15) is 0 Å². The van der Waals surface area contributed by atoms with Crippen molar-refractivity contribution in [2.24, 2.45) is 0 Å². The monoisotopic (exact) mass is 290 g/mol. The number of hydrogen-bond acceptors (Lipinski definition) is 3. The second-order valence-electron chi connectivity index (χ2n) is 4.37. The number of carbonyl (C=O) groups is 1. The Morgan fingerprint density at radius 3 is 2.70 bits per heavy atom. The normalized spacial score (nSPS) is 11.9. The van der Waals surface area contributed by atoms with Gasteiger partial charge in [-0.3, -0.25) is 4.79 Å². The second-order valence-corrected chi connectivity index (χ2v) is 4.72. The van der Waals surface area contributed by atoms with E-state index in [9.17, 15) is 4.79 Å². The van der Waals surface area contributed by atoms with Crippen LogP contribution in [-0.4, -0.2) is 18.0 Å². The van der Waals surface area contributed by atoms with E-state index in [1.165, 1.54) is 7.11 Å². The fourth-order valence-corrected chi connectivity index (χ4v) is 2.01. The SMILES string of the molecule is COC(C(=O)Nc1cc(C)cnc1Cl)c1ccccc1. The van der Waals surface area contributed by atoms with Crippen molar-refractivity contribution in [3.63, 3.8) is 0 Å². The van der Waals surface area contributed by atoms with Crippen molar-refractivity contribution in [3.8, 4) is 0 Å². The van der Waals surface area contributed by atoms with E-state index in [1.807, 2.05) is 37.3 Å². The molecular weight excluding hydrogens is 276 g/mol. The molecule has 1 aromatic heterocycles. The molecule has 1 aromatic carbocycles. The zero-order valence-electron chi connectivity index (χ0n) is 11.3. The van der Waals surface area contributed by atoms with Crippen LogP contribution in [0.5, 0.6) is 0 Å². The van der Waals surface area contributed by atoms with Crippen molar-refractivity contribution in [1.82, 2.24) is 4.98 Å². The van der Waals surface area contributed by atoms with Crippen molar-refractivity contribution in [2.45, 2.75) is 13.0 Å². The summed E-state index contributed by atoms with van der Waals surface area (Å²) in [7, 11) is 1.49. The number of benzene rings is 1. The maximum atomic E-state index is 12.3. The predicted molar refractivity (Wildman–Crippen MR) is 78.8 cm³/mol. The standard InChI is InChI=1S/C15H15ClN2O2/c1-10-8-12(14(16)17-9-10)18-15(19)13(20-2)11-6-4-3-5-7-11/h3-9,13H,1-2H3,(H,18,19). The molecule has 0 saturated heterocycles. The van der Waals surface area contributed by atoms with Gasteiger partial charge in [-0.25, -0.2) is 4.98 Å². The first kappa shape index (κ1) is 14.5. The molecule has 0 aliphatic carbocycles. The average Bonchev–Trinajstić information content (AvgIpc) is 2.45. The number of methoxy groups -OCH3 is 1. The first-order valence-electron chi connectivity index (χ1n) is 6.12. The van der Waals surface area contributed by atoms with Gasteiger partial charge in [0.2, 0.25) is 0 Å². The highest BCUT2D eigenvalue weighted by atomic mass is 35.5. The quantitative estimate of drug-likeness (QED) is 0.878. The molecule has 0 fully saturated rings. The molecule has 0 aliphatic rings. The van der Waals surface area contributed by atoms with E-state index >= 15 is 0 Å². The lowest BCUT2D eigenvalue weighted by molar-refractivity contribution is -0.126. The summed E-state index contributed by atoms with van der Waals surface area (Å²) >= 11 is 5.97. The van der Waals surface area contributed by atoms with E-state index < -0.39 is 6.10 Å². The number of pyridine rings is 1. The van der Waals surface area contributed by atoms with Gasteiger partial charge in [0.25, 0.3) is 5.91 Å². The summed E-state index contributed by atoms with van der Waals surface area (Å²) in [5.74, 6) is -0.284. The Morgan fingerprint density at radius 2 is 2.05 bits per heavy atom. The Hall–Kier alpha value is -1.91. The number of halogens is 1. The Kier molecular flexibility index (Phi) is 4.71. The Morgan fingerprint density at radius 1 is 1.35 bits per heavy atom. The molecule has 1 atom stereocenters. The van der Waals surface area contributed by atoms with E-state index in [4.69, 9.17) is 16.3 Å². The van der Waals surface area contributed by atoms with Crippen LogP contribution < -0.4 is 5.32 Å². The van der Waals surface area contributed by atoms with Gasteiger partial charge in [-0.05, 0) is 24.1 Å². The fraction of sp³-hybridized carbons (Fsp3) is 0.200. The summed E-state index contributed by atoms with van der Waals surface area (Å²) in [6.45, 7) is 1.88. The molecule has 0 radical (unpaired) electrons. The Balaban J connectivity index is 2.20. The van der Waals surface area contributed by atoms with E-state index in [1.54, 1.807) is 12.3 Å². The molecule has 1 N–H and O–H groups in total. The van der Waals surface area contributed by atoms with Crippen molar-refractivity contribution < 1.29 is 9.53 Å². The van der Waals surface area contributed by atoms with E-state index in [-0.39, 0.29) is 11.1 Å². The maximum Gasteiger partial charge on any atom is 0.258 e. The van der Waals surface area contributed by atoms with Crippen molar-refractivity contribution in [1.29, 1.82) is 0 Å². The minimum absolute atomic E-state index is 0.256. The summed E-state index contributed by atoms with van der Waals surface area (Å²) in [5.41, 5.74) is 2.18. The fourth-order valence-electron chi connectivity index (χ4n) is 1.86. The van der Waals surface area contributed by atoms with Crippen molar-refractivity contribution in [2.75, 3.05) is 12.4 Å².